The molecule has 110 valence electrons. The molecular weight excluding hydrogens is 292 g/mol. The van der Waals surface area contributed by atoms with E-state index in [0.717, 1.165) is 24.0 Å². The van der Waals surface area contributed by atoms with Gasteiger partial charge in [0.15, 0.2) is 4.77 Å². The second-order valence-corrected chi connectivity index (χ2v) is 6.12. The summed E-state index contributed by atoms with van der Waals surface area (Å²) in [6.07, 6.45) is 4.49. The summed E-state index contributed by atoms with van der Waals surface area (Å²) >= 11 is 5.46. The molecule has 4 heteroatoms. The lowest BCUT2D eigenvalue weighted by molar-refractivity contribution is 0.679. The van der Waals surface area contributed by atoms with Gasteiger partial charge in [-0.2, -0.15) is 0 Å². The molecule has 22 heavy (non-hydrogen) atoms. The molecule has 0 atom stereocenters. The first-order valence-electron chi connectivity index (χ1n) is 7.61. The summed E-state index contributed by atoms with van der Waals surface area (Å²) in [5.41, 5.74) is 4.30. The number of benzene rings is 2. The van der Waals surface area contributed by atoms with Gasteiger partial charge in [0.2, 0.25) is 0 Å². The number of aromatic nitrogens is 2. The lowest BCUT2D eigenvalue weighted by Gasteiger charge is -2.20. The third kappa shape index (κ3) is 2.03. The molecule has 0 amide bonds. The van der Waals surface area contributed by atoms with Crippen molar-refractivity contribution in [1.29, 1.82) is 0 Å². The fourth-order valence-corrected chi connectivity index (χ4v) is 3.64. The molecule has 0 bridgehead atoms. The Labute approximate surface area is 133 Å². The lowest BCUT2D eigenvalue weighted by atomic mass is 9.90. The predicted molar refractivity (Wildman–Crippen MR) is 91.4 cm³/mol. The van der Waals surface area contributed by atoms with E-state index in [-0.39, 0.29) is 5.56 Å². The molecule has 4 rings (SSSR count). The van der Waals surface area contributed by atoms with E-state index < -0.39 is 0 Å². The Morgan fingerprint density at radius 3 is 2.73 bits per heavy atom. The van der Waals surface area contributed by atoms with Crippen molar-refractivity contribution in [3.63, 3.8) is 0 Å². The van der Waals surface area contributed by atoms with Crippen molar-refractivity contribution in [3.05, 3.63) is 68.7 Å². The zero-order chi connectivity index (χ0) is 15.1. The van der Waals surface area contributed by atoms with E-state index in [1.165, 1.54) is 24.0 Å². The Bertz CT molecular complexity index is 984. The lowest BCUT2D eigenvalue weighted by Crippen LogP contribution is -2.22. The van der Waals surface area contributed by atoms with Gasteiger partial charge in [0, 0.05) is 0 Å². The van der Waals surface area contributed by atoms with E-state index in [1.54, 1.807) is 4.57 Å². The van der Waals surface area contributed by atoms with Crippen molar-refractivity contribution in [3.8, 4) is 5.69 Å². The van der Waals surface area contributed by atoms with Crippen molar-refractivity contribution in [2.24, 2.45) is 0 Å². The average molecular weight is 308 g/mol. The fraction of sp³-hybridized carbons (Fsp3) is 0.222. The highest BCUT2D eigenvalue weighted by molar-refractivity contribution is 7.71. The molecule has 0 fully saturated rings. The van der Waals surface area contributed by atoms with Crippen LogP contribution >= 0.6 is 12.2 Å². The number of aromatic amines is 1. The number of hydrogen-bond donors (Lipinski definition) is 1. The van der Waals surface area contributed by atoms with Crippen LogP contribution in [0, 0.1) is 4.77 Å². The first-order valence-corrected chi connectivity index (χ1v) is 8.02. The number of para-hydroxylation sites is 1. The van der Waals surface area contributed by atoms with Crippen molar-refractivity contribution in [1.82, 2.24) is 9.55 Å². The highest BCUT2D eigenvalue weighted by Crippen LogP contribution is 2.26. The van der Waals surface area contributed by atoms with Gasteiger partial charge in [-0.25, -0.2) is 0 Å². The number of hydrogen-bond acceptors (Lipinski definition) is 2. The standard InChI is InChI=1S/C18H16N2OS/c21-17-14-9-3-4-10-15(14)19-18(22)20(17)16-11-5-7-12-6-1-2-8-13(12)16/h3-5,7,9-11H,1-2,6,8H2,(H,19,22). The van der Waals surface area contributed by atoms with Gasteiger partial charge >= 0.3 is 0 Å². The minimum absolute atomic E-state index is 0.0432. The molecular formula is C18H16N2OS. The summed E-state index contributed by atoms with van der Waals surface area (Å²) in [6, 6.07) is 13.7. The molecule has 0 aliphatic heterocycles. The van der Waals surface area contributed by atoms with Crippen molar-refractivity contribution in [2.45, 2.75) is 25.7 Å². The maximum Gasteiger partial charge on any atom is 0.266 e. The Morgan fingerprint density at radius 2 is 1.82 bits per heavy atom. The van der Waals surface area contributed by atoms with Gasteiger partial charge in [-0.3, -0.25) is 9.36 Å². The van der Waals surface area contributed by atoms with Gasteiger partial charge < -0.3 is 4.98 Å². The van der Waals surface area contributed by atoms with Crippen molar-refractivity contribution in [2.75, 3.05) is 0 Å². The quantitative estimate of drug-likeness (QED) is 0.692. The molecule has 0 saturated heterocycles. The Hall–Kier alpha value is -2.20. The molecule has 0 unspecified atom stereocenters. The molecule has 1 N–H and O–H groups in total. The second kappa shape index (κ2) is 5.21. The van der Waals surface area contributed by atoms with E-state index in [0.29, 0.717) is 10.2 Å². The molecule has 1 aromatic heterocycles. The van der Waals surface area contributed by atoms with Crippen LogP contribution in [0.4, 0.5) is 0 Å². The van der Waals surface area contributed by atoms with Crippen LogP contribution in [-0.4, -0.2) is 9.55 Å². The van der Waals surface area contributed by atoms with Crippen LogP contribution in [0.3, 0.4) is 0 Å². The second-order valence-electron chi connectivity index (χ2n) is 5.74. The smallest absolute Gasteiger partial charge is 0.266 e. The summed E-state index contributed by atoms with van der Waals surface area (Å²) < 4.78 is 2.12. The monoisotopic (exact) mass is 308 g/mol. The number of H-pyrrole nitrogens is 1. The maximum atomic E-state index is 12.9. The molecule has 1 heterocycles. The Kier molecular flexibility index (Phi) is 3.19. The van der Waals surface area contributed by atoms with Crippen LogP contribution in [0.15, 0.2) is 47.3 Å². The number of fused-ring (bicyclic) bond motifs is 2. The van der Waals surface area contributed by atoms with E-state index in [4.69, 9.17) is 12.2 Å². The first kappa shape index (κ1) is 13.5. The third-order valence-corrected chi connectivity index (χ3v) is 4.70. The average Bonchev–Trinajstić information content (AvgIpc) is 2.55. The first-order chi connectivity index (χ1) is 10.8. The van der Waals surface area contributed by atoms with E-state index in [1.807, 2.05) is 36.4 Å². The highest BCUT2D eigenvalue weighted by atomic mass is 32.1. The molecule has 3 aromatic rings. The van der Waals surface area contributed by atoms with Gasteiger partial charge in [-0.15, -0.1) is 0 Å². The van der Waals surface area contributed by atoms with Gasteiger partial charge in [0.25, 0.3) is 5.56 Å². The fourth-order valence-electron chi connectivity index (χ4n) is 3.35. The minimum Gasteiger partial charge on any atom is -0.331 e. The van der Waals surface area contributed by atoms with E-state index in [9.17, 15) is 4.79 Å². The van der Waals surface area contributed by atoms with Crippen LogP contribution in [0.5, 0.6) is 0 Å². The van der Waals surface area contributed by atoms with Crippen molar-refractivity contribution >= 4 is 23.1 Å². The number of rotatable bonds is 1. The number of aryl methyl sites for hydroxylation is 1. The van der Waals surface area contributed by atoms with Gasteiger partial charge in [-0.1, -0.05) is 24.3 Å². The zero-order valence-corrected chi connectivity index (χ0v) is 13.0. The van der Waals surface area contributed by atoms with Gasteiger partial charge in [0.05, 0.1) is 16.6 Å². The molecule has 0 saturated carbocycles. The normalized spacial score (nSPS) is 14.0. The molecule has 1 aliphatic rings. The van der Waals surface area contributed by atoms with Crippen LogP contribution in [0.1, 0.15) is 24.0 Å². The van der Waals surface area contributed by atoms with E-state index >= 15 is 0 Å². The van der Waals surface area contributed by atoms with Crippen molar-refractivity contribution < 1.29 is 0 Å². The SMILES string of the molecule is O=c1c2ccccc2[nH]c(=S)n1-c1cccc2c1CCCC2. The number of nitrogens with zero attached hydrogens (tertiary/aromatic N) is 1. The zero-order valence-electron chi connectivity index (χ0n) is 12.1. The molecule has 3 nitrogen and oxygen atoms in total. The largest absolute Gasteiger partial charge is 0.331 e. The van der Waals surface area contributed by atoms with Gasteiger partial charge in [-0.05, 0) is 67.2 Å². The van der Waals surface area contributed by atoms with Crippen LogP contribution in [0.25, 0.3) is 16.6 Å². The third-order valence-electron chi connectivity index (χ3n) is 4.42. The topological polar surface area (TPSA) is 37.8 Å². The summed E-state index contributed by atoms with van der Waals surface area (Å²) in [5.74, 6) is 0. The molecule has 0 radical (unpaired) electrons. The summed E-state index contributed by atoms with van der Waals surface area (Å²) in [6.45, 7) is 0. The highest BCUT2D eigenvalue weighted by Gasteiger charge is 2.16. The van der Waals surface area contributed by atoms with Crippen LogP contribution in [-0.2, 0) is 12.8 Å². The minimum atomic E-state index is -0.0432. The molecule has 0 spiro atoms. The summed E-state index contributed by atoms with van der Waals surface area (Å²) in [4.78, 5) is 16.1. The van der Waals surface area contributed by atoms with E-state index in [2.05, 4.69) is 11.1 Å². The van der Waals surface area contributed by atoms with Crippen LogP contribution < -0.4 is 5.56 Å². The van der Waals surface area contributed by atoms with Gasteiger partial charge in [0.1, 0.15) is 0 Å². The Morgan fingerprint density at radius 1 is 1.00 bits per heavy atom. The maximum absolute atomic E-state index is 12.9. The molecule has 1 aliphatic carbocycles. The van der Waals surface area contributed by atoms with Crippen LogP contribution in [0.2, 0.25) is 0 Å². The summed E-state index contributed by atoms with van der Waals surface area (Å²) in [7, 11) is 0. The summed E-state index contributed by atoms with van der Waals surface area (Å²) in [5, 5.41) is 0.671. The molecule has 2 aromatic carbocycles. The predicted octanol–water partition coefficient (Wildman–Crippen LogP) is 3.93. The Balaban J connectivity index is 2.08. The number of nitrogens with one attached hydrogen (secondary N) is 1.